The molecule has 2 heteroatoms. The number of nitrogens with two attached hydrogens (primary N) is 1. The largest absolute Gasteiger partial charge is 0.402 e. The normalized spacial score (nSPS) is 14.2. The van der Waals surface area contributed by atoms with Gasteiger partial charge in [0, 0.05) is 30.6 Å². The molecule has 0 saturated heterocycles. The molecule has 0 aliphatic carbocycles. The van der Waals surface area contributed by atoms with E-state index in [9.17, 15) is 0 Å². The monoisotopic (exact) mass is 272 g/mol. The fourth-order valence-electron chi connectivity index (χ4n) is 1.82. The number of hydrogen-bond acceptors (Lipinski definition) is 2. The molecular formula is C18H28N2. The number of hydrogen-bond donors (Lipinski definition) is 1. The predicted octanol–water partition coefficient (Wildman–Crippen LogP) is 4.67. The van der Waals surface area contributed by atoms with Crippen LogP contribution in [0.3, 0.4) is 0 Å². The smallest absolute Gasteiger partial charge is 0.0168 e. The molecule has 0 spiro atoms. The summed E-state index contributed by atoms with van der Waals surface area (Å²) >= 11 is 0. The van der Waals surface area contributed by atoms with Crippen LogP contribution < -0.4 is 5.73 Å². The molecule has 0 aromatic carbocycles. The Hall–Kier alpha value is -1.96. The van der Waals surface area contributed by atoms with Crippen LogP contribution in [0.5, 0.6) is 0 Å². The summed E-state index contributed by atoms with van der Waals surface area (Å²) in [7, 11) is 2.03. The summed E-state index contributed by atoms with van der Waals surface area (Å²) in [4.78, 5) is 2.09. The standard InChI is InChI=1S/C18H28N2/c1-8-16(9-2)17(13-15(6)19)11-12-18(10-3)20(7)14(4)5/h8-11,13H,1,4,12,19H2,2-3,5-7H3/b15-13+,16-9-,17-11-,18-10-. The minimum atomic E-state index is 0.785. The molecule has 0 radical (unpaired) electrons. The summed E-state index contributed by atoms with van der Waals surface area (Å²) < 4.78 is 0. The average Bonchev–Trinajstić information content (AvgIpc) is 2.39. The van der Waals surface area contributed by atoms with E-state index in [2.05, 4.69) is 30.2 Å². The van der Waals surface area contributed by atoms with Crippen molar-refractivity contribution in [1.29, 1.82) is 0 Å². The molecule has 0 fully saturated rings. The maximum absolute atomic E-state index is 5.81. The summed E-state index contributed by atoms with van der Waals surface area (Å²) in [6, 6.07) is 0. The maximum atomic E-state index is 5.81. The Balaban J connectivity index is 5.36. The Morgan fingerprint density at radius 3 is 2.10 bits per heavy atom. The van der Waals surface area contributed by atoms with Crippen LogP contribution in [-0.2, 0) is 0 Å². The van der Waals surface area contributed by atoms with Crippen molar-refractivity contribution in [2.45, 2.75) is 34.1 Å². The second-order valence-corrected chi connectivity index (χ2v) is 4.77. The molecule has 2 nitrogen and oxygen atoms in total. The fraction of sp³-hybridized carbons (Fsp3) is 0.333. The van der Waals surface area contributed by atoms with Gasteiger partial charge in [0.2, 0.25) is 0 Å². The molecule has 0 saturated carbocycles. The minimum absolute atomic E-state index is 0.785. The first kappa shape index (κ1) is 18.0. The van der Waals surface area contributed by atoms with Gasteiger partial charge in [0.05, 0.1) is 0 Å². The van der Waals surface area contributed by atoms with Gasteiger partial charge in [0.1, 0.15) is 0 Å². The van der Waals surface area contributed by atoms with Crippen LogP contribution in [0.2, 0.25) is 0 Å². The fourth-order valence-corrected chi connectivity index (χ4v) is 1.82. The van der Waals surface area contributed by atoms with E-state index in [0.717, 1.165) is 29.0 Å². The topological polar surface area (TPSA) is 29.3 Å². The Morgan fingerprint density at radius 2 is 1.75 bits per heavy atom. The zero-order valence-electron chi connectivity index (χ0n) is 13.5. The van der Waals surface area contributed by atoms with E-state index < -0.39 is 0 Å². The minimum Gasteiger partial charge on any atom is -0.402 e. The van der Waals surface area contributed by atoms with Gasteiger partial charge in [-0.1, -0.05) is 37.5 Å². The van der Waals surface area contributed by atoms with E-state index >= 15 is 0 Å². The van der Waals surface area contributed by atoms with Crippen molar-refractivity contribution < 1.29 is 0 Å². The summed E-state index contributed by atoms with van der Waals surface area (Å²) in [6.07, 6.45) is 11.0. The molecule has 0 aromatic rings. The van der Waals surface area contributed by atoms with Crippen LogP contribution in [0.15, 0.2) is 71.8 Å². The number of nitrogens with zero attached hydrogens (tertiary/aromatic N) is 1. The van der Waals surface area contributed by atoms with Crippen LogP contribution in [0.25, 0.3) is 0 Å². The maximum Gasteiger partial charge on any atom is 0.0168 e. The quantitative estimate of drug-likeness (QED) is 0.683. The van der Waals surface area contributed by atoms with Crippen molar-refractivity contribution in [3.8, 4) is 0 Å². The van der Waals surface area contributed by atoms with E-state index in [-0.39, 0.29) is 0 Å². The molecule has 0 aliphatic heterocycles. The summed E-state index contributed by atoms with van der Waals surface area (Å²) in [5, 5.41) is 0. The van der Waals surface area contributed by atoms with Crippen LogP contribution in [0.4, 0.5) is 0 Å². The molecule has 0 aromatic heterocycles. The van der Waals surface area contributed by atoms with Crippen LogP contribution in [0, 0.1) is 0 Å². The molecule has 20 heavy (non-hydrogen) atoms. The van der Waals surface area contributed by atoms with E-state index in [1.807, 2.05) is 53.0 Å². The highest BCUT2D eigenvalue weighted by Gasteiger charge is 2.04. The number of rotatable bonds is 7. The van der Waals surface area contributed by atoms with Crippen LogP contribution in [-0.4, -0.2) is 11.9 Å². The molecule has 2 N–H and O–H groups in total. The van der Waals surface area contributed by atoms with Crippen molar-refractivity contribution in [2.75, 3.05) is 7.05 Å². The first-order valence-electron chi connectivity index (χ1n) is 6.84. The van der Waals surface area contributed by atoms with Gasteiger partial charge in [0.25, 0.3) is 0 Å². The van der Waals surface area contributed by atoms with E-state index in [1.54, 1.807) is 0 Å². The first-order valence-corrected chi connectivity index (χ1v) is 6.84. The van der Waals surface area contributed by atoms with E-state index in [0.29, 0.717) is 0 Å². The highest BCUT2D eigenvalue weighted by atomic mass is 15.1. The van der Waals surface area contributed by atoms with Crippen molar-refractivity contribution in [3.63, 3.8) is 0 Å². The van der Waals surface area contributed by atoms with Gasteiger partial charge in [-0.05, 0) is 44.9 Å². The zero-order chi connectivity index (χ0) is 15.7. The van der Waals surface area contributed by atoms with Crippen LogP contribution in [0.1, 0.15) is 34.1 Å². The lowest BCUT2D eigenvalue weighted by Crippen LogP contribution is -2.14. The van der Waals surface area contributed by atoms with Crippen LogP contribution >= 0.6 is 0 Å². The van der Waals surface area contributed by atoms with Crippen molar-refractivity contribution in [3.05, 3.63) is 71.8 Å². The third-order valence-corrected chi connectivity index (χ3v) is 3.12. The second kappa shape index (κ2) is 9.03. The van der Waals surface area contributed by atoms with Gasteiger partial charge in [-0.15, -0.1) is 0 Å². The molecule has 0 bridgehead atoms. The van der Waals surface area contributed by atoms with Gasteiger partial charge >= 0.3 is 0 Å². The van der Waals surface area contributed by atoms with E-state index in [1.165, 1.54) is 5.70 Å². The summed E-state index contributed by atoms with van der Waals surface area (Å²) in [5.74, 6) is 0. The SMILES string of the molecule is C=CC(=C/C)/C(=C\C/C(=C/C)N(C)C(=C)C)/C=C(\C)N. The first-order chi connectivity index (χ1) is 9.37. The lowest BCUT2D eigenvalue weighted by atomic mass is 10.0. The Morgan fingerprint density at radius 1 is 1.15 bits per heavy atom. The van der Waals surface area contributed by atoms with Gasteiger partial charge in [-0.2, -0.15) is 0 Å². The zero-order valence-corrected chi connectivity index (χ0v) is 13.5. The number of allylic oxidation sites excluding steroid dienone is 9. The van der Waals surface area contributed by atoms with Crippen molar-refractivity contribution in [1.82, 2.24) is 4.90 Å². The van der Waals surface area contributed by atoms with Crippen molar-refractivity contribution in [2.24, 2.45) is 5.73 Å². The van der Waals surface area contributed by atoms with Gasteiger partial charge < -0.3 is 10.6 Å². The molecule has 0 heterocycles. The summed E-state index contributed by atoms with van der Waals surface area (Å²) in [6.45, 7) is 15.8. The highest BCUT2D eigenvalue weighted by molar-refractivity contribution is 5.46. The summed E-state index contributed by atoms with van der Waals surface area (Å²) in [5.41, 5.74) is 11.0. The van der Waals surface area contributed by atoms with Gasteiger partial charge in [0.15, 0.2) is 0 Å². The molecule has 0 unspecified atom stereocenters. The third-order valence-electron chi connectivity index (χ3n) is 3.12. The molecular weight excluding hydrogens is 244 g/mol. The van der Waals surface area contributed by atoms with E-state index in [4.69, 9.17) is 5.73 Å². The lowest BCUT2D eigenvalue weighted by molar-refractivity contribution is 0.510. The lowest BCUT2D eigenvalue weighted by Gasteiger charge is -2.22. The highest BCUT2D eigenvalue weighted by Crippen LogP contribution is 2.19. The second-order valence-electron chi connectivity index (χ2n) is 4.77. The molecule has 0 amide bonds. The Labute approximate surface area is 124 Å². The van der Waals surface area contributed by atoms with Crippen molar-refractivity contribution >= 4 is 0 Å². The predicted molar refractivity (Wildman–Crippen MR) is 90.9 cm³/mol. The van der Waals surface area contributed by atoms with Gasteiger partial charge in [-0.3, -0.25) is 0 Å². The molecule has 0 atom stereocenters. The Kier molecular flexibility index (Phi) is 8.14. The Bertz CT molecular complexity index is 470. The average molecular weight is 272 g/mol. The van der Waals surface area contributed by atoms with Gasteiger partial charge in [-0.25, -0.2) is 0 Å². The third kappa shape index (κ3) is 5.79. The molecule has 110 valence electrons. The molecule has 0 rings (SSSR count). The molecule has 0 aliphatic rings.